The second-order valence-electron chi connectivity index (χ2n) is 4.64. The summed E-state index contributed by atoms with van der Waals surface area (Å²) in [5, 5.41) is 3.11. The Hall–Kier alpha value is -1.87. The Morgan fingerprint density at radius 3 is 2.47 bits per heavy atom. The summed E-state index contributed by atoms with van der Waals surface area (Å²) in [5.41, 5.74) is 2.86. The first-order valence-electron chi connectivity index (χ1n) is 6.28. The average molecular weight is 259 g/mol. The van der Waals surface area contributed by atoms with Gasteiger partial charge in [-0.25, -0.2) is 4.39 Å². The van der Waals surface area contributed by atoms with Gasteiger partial charge in [-0.3, -0.25) is 0 Å². The van der Waals surface area contributed by atoms with Crippen molar-refractivity contribution >= 4 is 0 Å². The van der Waals surface area contributed by atoms with E-state index < -0.39 is 0 Å². The monoisotopic (exact) mass is 259 g/mol. The average Bonchev–Trinajstić information content (AvgIpc) is 2.37. The number of halogens is 1. The number of rotatable bonds is 4. The van der Waals surface area contributed by atoms with Crippen LogP contribution in [0.25, 0.3) is 0 Å². The van der Waals surface area contributed by atoms with Crippen LogP contribution in [0.4, 0.5) is 4.39 Å². The van der Waals surface area contributed by atoms with Gasteiger partial charge >= 0.3 is 0 Å². The molecule has 1 N–H and O–H groups in total. The molecule has 0 unspecified atom stereocenters. The van der Waals surface area contributed by atoms with Crippen molar-refractivity contribution in [1.29, 1.82) is 0 Å². The molecule has 0 bridgehead atoms. The minimum Gasteiger partial charge on any atom is -0.457 e. The highest BCUT2D eigenvalue weighted by molar-refractivity contribution is 5.40. The van der Waals surface area contributed by atoms with E-state index in [1.54, 1.807) is 19.1 Å². The molecule has 0 aromatic heterocycles. The molecule has 0 amide bonds. The van der Waals surface area contributed by atoms with Crippen LogP contribution in [0, 0.1) is 19.7 Å². The number of hydrogen-bond acceptors (Lipinski definition) is 2. The quantitative estimate of drug-likeness (QED) is 0.897. The highest BCUT2D eigenvalue weighted by Gasteiger charge is 2.04. The Kier molecular flexibility index (Phi) is 4.17. The molecule has 2 aromatic carbocycles. The second kappa shape index (κ2) is 5.85. The minimum atomic E-state index is -0.214. The Labute approximate surface area is 113 Å². The van der Waals surface area contributed by atoms with Gasteiger partial charge in [0.1, 0.15) is 17.3 Å². The molecule has 0 radical (unpaired) electrons. The van der Waals surface area contributed by atoms with E-state index in [1.165, 1.54) is 11.6 Å². The van der Waals surface area contributed by atoms with E-state index in [-0.39, 0.29) is 5.82 Å². The molecule has 0 spiro atoms. The molecule has 0 saturated heterocycles. The van der Waals surface area contributed by atoms with E-state index in [9.17, 15) is 4.39 Å². The smallest absolute Gasteiger partial charge is 0.130 e. The molecule has 2 rings (SSSR count). The van der Waals surface area contributed by atoms with Crippen LogP contribution in [-0.2, 0) is 6.54 Å². The predicted molar refractivity (Wildman–Crippen MR) is 75.2 cm³/mol. The summed E-state index contributed by atoms with van der Waals surface area (Å²) in [6, 6.07) is 10.8. The lowest BCUT2D eigenvalue weighted by atomic mass is 10.1. The van der Waals surface area contributed by atoms with Crippen molar-refractivity contribution in [2.45, 2.75) is 20.4 Å². The Morgan fingerprint density at radius 2 is 1.84 bits per heavy atom. The summed E-state index contributed by atoms with van der Waals surface area (Å²) in [5.74, 6) is 1.24. The molecule has 2 aromatic rings. The molecule has 0 aliphatic rings. The van der Waals surface area contributed by atoms with E-state index in [2.05, 4.69) is 11.4 Å². The standard InChI is InChI=1S/C16H18FNO/c1-11-9-14(5-6-15(11)17)19-16-7-4-13(10-18-3)8-12(16)2/h4-9,18H,10H2,1-3H3. The van der Waals surface area contributed by atoms with E-state index in [0.29, 0.717) is 11.3 Å². The summed E-state index contributed by atoms with van der Waals surface area (Å²) >= 11 is 0. The largest absolute Gasteiger partial charge is 0.457 e. The topological polar surface area (TPSA) is 21.3 Å². The van der Waals surface area contributed by atoms with Crippen molar-refractivity contribution in [3.8, 4) is 11.5 Å². The fourth-order valence-corrected chi connectivity index (χ4v) is 1.95. The van der Waals surface area contributed by atoms with Crippen LogP contribution in [0.1, 0.15) is 16.7 Å². The van der Waals surface area contributed by atoms with Gasteiger partial charge in [0.25, 0.3) is 0 Å². The van der Waals surface area contributed by atoms with E-state index in [4.69, 9.17) is 4.74 Å². The molecule has 0 heterocycles. The van der Waals surface area contributed by atoms with Crippen molar-refractivity contribution in [2.24, 2.45) is 0 Å². The summed E-state index contributed by atoms with van der Waals surface area (Å²) in [7, 11) is 1.92. The third-order valence-corrected chi connectivity index (χ3v) is 2.98. The Morgan fingerprint density at radius 1 is 1.05 bits per heavy atom. The lowest BCUT2D eigenvalue weighted by Gasteiger charge is -2.11. The highest BCUT2D eigenvalue weighted by atomic mass is 19.1. The molecular formula is C16H18FNO. The zero-order valence-corrected chi connectivity index (χ0v) is 11.5. The number of nitrogens with one attached hydrogen (secondary N) is 1. The summed E-state index contributed by atoms with van der Waals surface area (Å²) < 4.78 is 19.0. The molecule has 2 nitrogen and oxygen atoms in total. The predicted octanol–water partition coefficient (Wildman–Crippen LogP) is 3.95. The van der Waals surface area contributed by atoms with Crippen LogP contribution in [0.3, 0.4) is 0 Å². The molecule has 100 valence electrons. The van der Waals surface area contributed by atoms with Gasteiger partial charge in [-0.1, -0.05) is 12.1 Å². The maximum absolute atomic E-state index is 13.2. The first kappa shape index (κ1) is 13.6. The minimum absolute atomic E-state index is 0.214. The van der Waals surface area contributed by atoms with Gasteiger partial charge in [-0.05, 0) is 61.9 Å². The summed E-state index contributed by atoms with van der Waals surface area (Å²) in [6.07, 6.45) is 0. The Bertz CT molecular complexity index is 581. The number of ether oxygens (including phenoxy) is 1. The number of hydrogen-bond donors (Lipinski definition) is 1. The van der Waals surface area contributed by atoms with Crippen LogP contribution in [-0.4, -0.2) is 7.05 Å². The third kappa shape index (κ3) is 3.32. The van der Waals surface area contributed by atoms with E-state index >= 15 is 0 Å². The first-order valence-corrected chi connectivity index (χ1v) is 6.28. The van der Waals surface area contributed by atoms with Crippen molar-refractivity contribution in [1.82, 2.24) is 5.32 Å². The number of benzene rings is 2. The van der Waals surface area contributed by atoms with Gasteiger partial charge in [0, 0.05) is 6.54 Å². The fourth-order valence-electron chi connectivity index (χ4n) is 1.95. The lowest BCUT2D eigenvalue weighted by molar-refractivity contribution is 0.475. The molecular weight excluding hydrogens is 241 g/mol. The summed E-state index contributed by atoms with van der Waals surface area (Å²) in [4.78, 5) is 0. The van der Waals surface area contributed by atoms with Gasteiger partial charge < -0.3 is 10.1 Å². The molecule has 0 aliphatic heterocycles. The van der Waals surface area contributed by atoms with Crippen molar-refractivity contribution in [2.75, 3.05) is 7.05 Å². The molecule has 0 fully saturated rings. The van der Waals surface area contributed by atoms with Gasteiger partial charge in [0.2, 0.25) is 0 Å². The summed E-state index contributed by atoms with van der Waals surface area (Å²) in [6.45, 7) is 4.56. The molecule has 19 heavy (non-hydrogen) atoms. The van der Waals surface area contributed by atoms with Gasteiger partial charge in [0.15, 0.2) is 0 Å². The highest BCUT2D eigenvalue weighted by Crippen LogP contribution is 2.27. The van der Waals surface area contributed by atoms with Crippen LogP contribution >= 0.6 is 0 Å². The van der Waals surface area contributed by atoms with E-state index in [1.807, 2.05) is 26.1 Å². The van der Waals surface area contributed by atoms with Crippen molar-refractivity contribution in [3.05, 3.63) is 58.9 Å². The molecule has 3 heteroatoms. The maximum Gasteiger partial charge on any atom is 0.130 e. The Balaban J connectivity index is 2.20. The first-order chi connectivity index (χ1) is 9.10. The lowest BCUT2D eigenvalue weighted by Crippen LogP contribution is -2.05. The maximum atomic E-state index is 13.2. The van der Waals surface area contributed by atoms with E-state index in [0.717, 1.165) is 17.9 Å². The molecule has 0 aliphatic carbocycles. The van der Waals surface area contributed by atoms with Gasteiger partial charge in [-0.2, -0.15) is 0 Å². The van der Waals surface area contributed by atoms with Crippen LogP contribution < -0.4 is 10.1 Å². The van der Waals surface area contributed by atoms with Crippen LogP contribution in [0.2, 0.25) is 0 Å². The zero-order chi connectivity index (χ0) is 13.8. The molecule has 0 atom stereocenters. The SMILES string of the molecule is CNCc1ccc(Oc2ccc(F)c(C)c2)c(C)c1. The number of aryl methyl sites for hydroxylation is 2. The van der Waals surface area contributed by atoms with Crippen molar-refractivity contribution < 1.29 is 9.13 Å². The second-order valence-corrected chi connectivity index (χ2v) is 4.64. The van der Waals surface area contributed by atoms with Gasteiger partial charge in [0.05, 0.1) is 0 Å². The fraction of sp³-hybridized carbons (Fsp3) is 0.250. The van der Waals surface area contributed by atoms with Gasteiger partial charge in [-0.15, -0.1) is 0 Å². The molecule has 0 saturated carbocycles. The van der Waals surface area contributed by atoms with Crippen LogP contribution in [0.5, 0.6) is 11.5 Å². The zero-order valence-electron chi connectivity index (χ0n) is 11.5. The van der Waals surface area contributed by atoms with Crippen LogP contribution in [0.15, 0.2) is 36.4 Å². The third-order valence-electron chi connectivity index (χ3n) is 2.98. The normalized spacial score (nSPS) is 10.5. The van der Waals surface area contributed by atoms with Crippen molar-refractivity contribution in [3.63, 3.8) is 0 Å².